The molecule has 3 aromatic rings. The van der Waals surface area contributed by atoms with Crippen LogP contribution in [0.5, 0.6) is 0 Å². The molecular formula is C15H13FN2O. The Kier molecular flexibility index (Phi) is 2.80. The summed E-state index contributed by atoms with van der Waals surface area (Å²) in [7, 11) is 0. The molecule has 0 amide bonds. The molecule has 1 aromatic carbocycles. The first kappa shape index (κ1) is 11.9. The summed E-state index contributed by atoms with van der Waals surface area (Å²) in [6.45, 7) is 1.92. The molecule has 0 aliphatic carbocycles. The molecule has 0 fully saturated rings. The van der Waals surface area contributed by atoms with Gasteiger partial charge in [-0.25, -0.2) is 4.39 Å². The molecule has 19 heavy (non-hydrogen) atoms. The van der Waals surface area contributed by atoms with Crippen LogP contribution in [0.3, 0.4) is 0 Å². The summed E-state index contributed by atoms with van der Waals surface area (Å²) in [5.74, 6) is 0.316. The quantitative estimate of drug-likeness (QED) is 0.765. The monoisotopic (exact) mass is 256 g/mol. The van der Waals surface area contributed by atoms with Crippen LogP contribution >= 0.6 is 0 Å². The third-order valence-electron chi connectivity index (χ3n) is 3.10. The van der Waals surface area contributed by atoms with Crippen LogP contribution in [0.15, 0.2) is 47.0 Å². The lowest BCUT2D eigenvalue weighted by molar-refractivity contribution is 0.524. The Morgan fingerprint density at radius 2 is 2.05 bits per heavy atom. The first-order chi connectivity index (χ1) is 9.13. The largest absolute Gasteiger partial charge is 0.459 e. The molecule has 0 aliphatic rings. The van der Waals surface area contributed by atoms with Gasteiger partial charge in [0.1, 0.15) is 17.2 Å². The number of nitrogens with zero attached hydrogens (tertiary/aromatic N) is 1. The fourth-order valence-corrected chi connectivity index (χ4v) is 2.02. The first-order valence-corrected chi connectivity index (χ1v) is 6.00. The molecule has 3 nitrogen and oxygen atoms in total. The van der Waals surface area contributed by atoms with Gasteiger partial charge in [0.2, 0.25) is 0 Å². The zero-order valence-corrected chi connectivity index (χ0v) is 10.4. The van der Waals surface area contributed by atoms with E-state index in [1.54, 1.807) is 18.3 Å². The summed E-state index contributed by atoms with van der Waals surface area (Å²) < 4.78 is 18.8. The Labute approximate surface area is 109 Å². The van der Waals surface area contributed by atoms with Crippen LogP contribution in [0.1, 0.15) is 23.1 Å². The molecule has 1 atom stereocenters. The summed E-state index contributed by atoms with van der Waals surface area (Å²) in [6.07, 6.45) is 1.73. The number of nitrogens with two attached hydrogens (primary N) is 1. The highest BCUT2D eigenvalue weighted by molar-refractivity contribution is 5.78. The second-order valence-corrected chi connectivity index (χ2v) is 4.54. The van der Waals surface area contributed by atoms with E-state index in [0.717, 1.165) is 11.3 Å². The van der Waals surface area contributed by atoms with E-state index in [4.69, 9.17) is 10.2 Å². The van der Waals surface area contributed by atoms with E-state index in [1.807, 2.05) is 19.1 Å². The van der Waals surface area contributed by atoms with E-state index < -0.39 is 6.04 Å². The summed E-state index contributed by atoms with van der Waals surface area (Å²) in [5, 5.41) is 0.713. The van der Waals surface area contributed by atoms with Crippen molar-refractivity contribution in [3.8, 4) is 0 Å². The van der Waals surface area contributed by atoms with Crippen molar-refractivity contribution in [3.63, 3.8) is 0 Å². The lowest BCUT2D eigenvalue weighted by Crippen LogP contribution is -2.11. The molecule has 4 heteroatoms. The van der Waals surface area contributed by atoms with E-state index in [0.29, 0.717) is 16.7 Å². The van der Waals surface area contributed by atoms with E-state index in [2.05, 4.69) is 4.98 Å². The molecule has 0 radical (unpaired) electrons. The van der Waals surface area contributed by atoms with Gasteiger partial charge in [-0.05, 0) is 42.8 Å². The molecule has 3 rings (SSSR count). The minimum atomic E-state index is -0.399. The molecule has 2 heterocycles. The maximum atomic E-state index is 13.1. The van der Waals surface area contributed by atoms with Crippen molar-refractivity contribution in [2.75, 3.05) is 0 Å². The molecular weight excluding hydrogens is 243 g/mol. The number of hydrogen-bond donors (Lipinski definition) is 1. The first-order valence-electron chi connectivity index (χ1n) is 6.00. The summed E-state index contributed by atoms with van der Waals surface area (Å²) in [5.41, 5.74) is 8.57. The maximum Gasteiger partial charge on any atom is 0.134 e. The fourth-order valence-electron chi connectivity index (χ4n) is 2.02. The Morgan fingerprint density at radius 3 is 2.79 bits per heavy atom. The van der Waals surface area contributed by atoms with Gasteiger partial charge in [-0.2, -0.15) is 0 Å². The lowest BCUT2D eigenvalue weighted by atomic mass is 10.1. The third kappa shape index (κ3) is 2.22. The summed E-state index contributed by atoms with van der Waals surface area (Å²) in [4.78, 5) is 4.21. The number of furan rings is 1. The van der Waals surface area contributed by atoms with Crippen molar-refractivity contribution in [2.45, 2.75) is 13.0 Å². The standard InChI is InChI=1S/C15H13FN2O/c1-9-2-3-10(8-18-9)15(17)14-7-11-6-12(16)4-5-13(11)19-14/h2-8,15H,17H2,1H3. The topological polar surface area (TPSA) is 52.0 Å². The highest BCUT2D eigenvalue weighted by Gasteiger charge is 2.14. The van der Waals surface area contributed by atoms with Gasteiger partial charge in [0.05, 0.1) is 6.04 Å². The molecule has 0 saturated carbocycles. The van der Waals surface area contributed by atoms with Crippen molar-refractivity contribution < 1.29 is 8.81 Å². The molecule has 96 valence electrons. The number of aryl methyl sites for hydroxylation is 1. The summed E-state index contributed by atoms with van der Waals surface area (Å²) in [6, 6.07) is 9.59. The SMILES string of the molecule is Cc1ccc(C(N)c2cc3cc(F)ccc3o2)cn1. The van der Waals surface area contributed by atoms with Crippen LogP contribution in [0.25, 0.3) is 11.0 Å². The Balaban J connectivity index is 2.01. The zero-order valence-electron chi connectivity index (χ0n) is 10.4. The van der Waals surface area contributed by atoms with Crippen molar-refractivity contribution in [1.82, 2.24) is 4.98 Å². The average Bonchev–Trinajstić information content (AvgIpc) is 2.81. The van der Waals surface area contributed by atoms with Crippen LogP contribution < -0.4 is 5.73 Å². The molecule has 2 N–H and O–H groups in total. The van der Waals surface area contributed by atoms with E-state index in [-0.39, 0.29) is 5.82 Å². The smallest absolute Gasteiger partial charge is 0.134 e. The second-order valence-electron chi connectivity index (χ2n) is 4.54. The predicted octanol–water partition coefficient (Wildman–Crippen LogP) is 3.32. The molecule has 2 aromatic heterocycles. The number of rotatable bonds is 2. The number of benzene rings is 1. The highest BCUT2D eigenvalue weighted by Crippen LogP contribution is 2.26. The normalized spacial score (nSPS) is 12.8. The van der Waals surface area contributed by atoms with Gasteiger partial charge >= 0.3 is 0 Å². The minimum Gasteiger partial charge on any atom is -0.459 e. The van der Waals surface area contributed by atoms with E-state index in [1.165, 1.54) is 12.1 Å². The minimum absolute atomic E-state index is 0.287. The Hall–Kier alpha value is -2.20. The van der Waals surface area contributed by atoms with Gasteiger partial charge in [0.15, 0.2) is 0 Å². The molecule has 0 aliphatic heterocycles. The van der Waals surface area contributed by atoms with Gasteiger partial charge in [0, 0.05) is 17.3 Å². The third-order valence-corrected chi connectivity index (χ3v) is 3.10. The zero-order chi connectivity index (χ0) is 13.4. The molecule has 0 saturated heterocycles. The molecule has 1 unspecified atom stereocenters. The van der Waals surface area contributed by atoms with E-state index in [9.17, 15) is 4.39 Å². The van der Waals surface area contributed by atoms with Crippen LogP contribution in [0.2, 0.25) is 0 Å². The van der Waals surface area contributed by atoms with Crippen molar-refractivity contribution >= 4 is 11.0 Å². The van der Waals surface area contributed by atoms with Gasteiger partial charge in [0.25, 0.3) is 0 Å². The van der Waals surface area contributed by atoms with Crippen molar-refractivity contribution in [3.05, 3.63) is 65.4 Å². The number of aromatic nitrogens is 1. The van der Waals surface area contributed by atoms with E-state index >= 15 is 0 Å². The van der Waals surface area contributed by atoms with Crippen LogP contribution in [0.4, 0.5) is 4.39 Å². The van der Waals surface area contributed by atoms with Gasteiger partial charge in [-0.15, -0.1) is 0 Å². The number of fused-ring (bicyclic) bond motifs is 1. The maximum absolute atomic E-state index is 13.1. The van der Waals surface area contributed by atoms with Gasteiger partial charge in [-0.1, -0.05) is 6.07 Å². The highest BCUT2D eigenvalue weighted by atomic mass is 19.1. The predicted molar refractivity (Wildman–Crippen MR) is 71.2 cm³/mol. The second kappa shape index (κ2) is 4.48. The summed E-state index contributed by atoms with van der Waals surface area (Å²) >= 11 is 0. The molecule has 0 spiro atoms. The van der Waals surface area contributed by atoms with Crippen molar-refractivity contribution in [1.29, 1.82) is 0 Å². The van der Waals surface area contributed by atoms with Crippen LogP contribution in [-0.2, 0) is 0 Å². The Morgan fingerprint density at radius 1 is 1.21 bits per heavy atom. The fraction of sp³-hybridized carbons (Fsp3) is 0.133. The molecule has 0 bridgehead atoms. The number of halogens is 1. The average molecular weight is 256 g/mol. The van der Waals surface area contributed by atoms with Gasteiger partial charge in [-0.3, -0.25) is 4.98 Å². The lowest BCUT2D eigenvalue weighted by Gasteiger charge is -2.08. The van der Waals surface area contributed by atoms with Crippen LogP contribution in [-0.4, -0.2) is 4.98 Å². The van der Waals surface area contributed by atoms with Crippen LogP contribution in [0, 0.1) is 12.7 Å². The number of pyridine rings is 1. The van der Waals surface area contributed by atoms with Crippen molar-refractivity contribution in [2.24, 2.45) is 5.73 Å². The Bertz CT molecular complexity index is 719. The van der Waals surface area contributed by atoms with Gasteiger partial charge < -0.3 is 10.2 Å². The number of hydrogen-bond acceptors (Lipinski definition) is 3.